The predicted molar refractivity (Wildman–Crippen MR) is 67.6 cm³/mol. The molecule has 1 unspecified atom stereocenters. The zero-order valence-corrected chi connectivity index (χ0v) is 11.3. The lowest BCUT2D eigenvalue weighted by Gasteiger charge is -2.24. The first kappa shape index (κ1) is 15.0. The van der Waals surface area contributed by atoms with Gasteiger partial charge in [0.05, 0.1) is 12.7 Å². The first-order valence-electron chi connectivity index (χ1n) is 6.14. The van der Waals surface area contributed by atoms with Gasteiger partial charge in [-0.25, -0.2) is 14.6 Å². The summed E-state index contributed by atoms with van der Waals surface area (Å²) < 4.78 is 5.32. The van der Waals surface area contributed by atoms with Gasteiger partial charge in [-0.05, 0) is 13.3 Å². The maximum Gasteiger partial charge on any atom is 0.329 e. The highest BCUT2D eigenvalue weighted by molar-refractivity contribution is 5.85. The summed E-state index contributed by atoms with van der Waals surface area (Å²) in [5.41, 5.74) is -1.28. The van der Waals surface area contributed by atoms with E-state index < -0.39 is 17.5 Å². The molecule has 0 aliphatic carbocycles. The molecule has 0 saturated heterocycles. The molecule has 3 N–H and O–H groups in total. The van der Waals surface area contributed by atoms with Crippen LogP contribution in [0.4, 0.5) is 4.79 Å². The summed E-state index contributed by atoms with van der Waals surface area (Å²) >= 11 is 0. The van der Waals surface area contributed by atoms with Crippen LogP contribution in [0.3, 0.4) is 0 Å². The van der Waals surface area contributed by atoms with Gasteiger partial charge >= 0.3 is 12.0 Å². The van der Waals surface area contributed by atoms with Crippen molar-refractivity contribution < 1.29 is 19.1 Å². The third-order valence-electron chi connectivity index (χ3n) is 2.92. The molecule has 0 fully saturated rings. The fourth-order valence-electron chi connectivity index (χ4n) is 1.34. The minimum absolute atomic E-state index is 0.116. The number of urea groups is 1. The zero-order valence-electron chi connectivity index (χ0n) is 11.3. The minimum atomic E-state index is -1.28. The Labute approximate surface area is 111 Å². The Kier molecular flexibility index (Phi) is 4.91. The van der Waals surface area contributed by atoms with Gasteiger partial charge < -0.3 is 20.2 Å². The molecule has 7 nitrogen and oxygen atoms in total. The minimum Gasteiger partial charge on any atom is -0.480 e. The first-order chi connectivity index (χ1) is 8.91. The molecule has 7 heteroatoms. The lowest BCUT2D eigenvalue weighted by Crippen LogP contribution is -2.54. The highest BCUT2D eigenvalue weighted by Crippen LogP contribution is 2.09. The van der Waals surface area contributed by atoms with Crippen LogP contribution < -0.4 is 10.6 Å². The molecule has 2 amide bonds. The Morgan fingerprint density at radius 1 is 1.47 bits per heavy atom. The van der Waals surface area contributed by atoms with Crippen molar-refractivity contribution in [2.24, 2.45) is 0 Å². The molecular weight excluding hydrogens is 250 g/mol. The Morgan fingerprint density at radius 3 is 2.63 bits per heavy atom. The van der Waals surface area contributed by atoms with Gasteiger partial charge in [0.25, 0.3) is 0 Å². The second-order valence-corrected chi connectivity index (χ2v) is 4.37. The lowest BCUT2D eigenvalue weighted by molar-refractivity contribution is -0.143. The number of aryl methyl sites for hydroxylation is 1. The number of aromatic nitrogens is 1. The van der Waals surface area contributed by atoms with Crippen molar-refractivity contribution in [1.29, 1.82) is 0 Å². The van der Waals surface area contributed by atoms with Gasteiger partial charge in [0, 0.05) is 6.42 Å². The highest BCUT2D eigenvalue weighted by atomic mass is 16.4. The first-order valence-corrected chi connectivity index (χ1v) is 6.14. The number of nitrogens with one attached hydrogen (secondary N) is 2. The van der Waals surface area contributed by atoms with Crippen molar-refractivity contribution >= 4 is 12.0 Å². The maximum atomic E-state index is 11.6. The van der Waals surface area contributed by atoms with Crippen molar-refractivity contribution in [3.05, 3.63) is 17.8 Å². The van der Waals surface area contributed by atoms with Crippen molar-refractivity contribution in [2.45, 2.75) is 45.7 Å². The number of oxazole rings is 1. The number of rotatable bonds is 6. The van der Waals surface area contributed by atoms with Crippen LogP contribution in [0.2, 0.25) is 0 Å². The number of hydrogen-bond donors (Lipinski definition) is 3. The molecule has 1 rings (SSSR count). The van der Waals surface area contributed by atoms with Gasteiger partial charge in [-0.3, -0.25) is 0 Å². The van der Waals surface area contributed by atoms with Crippen LogP contribution in [0.5, 0.6) is 0 Å². The summed E-state index contributed by atoms with van der Waals surface area (Å²) in [6.07, 6.45) is 2.61. The van der Waals surface area contributed by atoms with E-state index in [-0.39, 0.29) is 13.0 Å². The van der Waals surface area contributed by atoms with Crippen LogP contribution >= 0.6 is 0 Å². The predicted octanol–water partition coefficient (Wildman–Crippen LogP) is 1.29. The van der Waals surface area contributed by atoms with E-state index in [2.05, 4.69) is 15.6 Å². The average molecular weight is 269 g/mol. The van der Waals surface area contributed by atoms with Crippen molar-refractivity contribution in [3.63, 3.8) is 0 Å². The second kappa shape index (κ2) is 6.21. The van der Waals surface area contributed by atoms with Gasteiger partial charge in [0.1, 0.15) is 11.3 Å². The van der Waals surface area contributed by atoms with Crippen LogP contribution in [0.15, 0.2) is 10.6 Å². The fourth-order valence-corrected chi connectivity index (χ4v) is 1.34. The topological polar surface area (TPSA) is 104 Å². The molecule has 0 aromatic carbocycles. The van der Waals surface area contributed by atoms with E-state index in [4.69, 9.17) is 9.52 Å². The average Bonchev–Trinajstić information content (AvgIpc) is 2.84. The van der Waals surface area contributed by atoms with Gasteiger partial charge in [-0.1, -0.05) is 13.8 Å². The van der Waals surface area contributed by atoms with E-state index in [1.54, 1.807) is 13.1 Å². The van der Waals surface area contributed by atoms with Crippen LogP contribution in [0, 0.1) is 0 Å². The van der Waals surface area contributed by atoms with Crippen molar-refractivity contribution in [3.8, 4) is 0 Å². The Hall–Kier alpha value is -2.05. The third-order valence-corrected chi connectivity index (χ3v) is 2.92. The van der Waals surface area contributed by atoms with Gasteiger partial charge in [-0.15, -0.1) is 0 Å². The number of hydrogen-bond acceptors (Lipinski definition) is 4. The molecule has 0 aliphatic rings. The summed E-state index contributed by atoms with van der Waals surface area (Å²) in [5.74, 6) is 0.0520. The molecule has 0 radical (unpaired) electrons. The number of nitrogens with zero attached hydrogens (tertiary/aromatic N) is 1. The maximum absolute atomic E-state index is 11.6. The van der Waals surface area contributed by atoms with E-state index in [9.17, 15) is 9.59 Å². The highest BCUT2D eigenvalue weighted by Gasteiger charge is 2.32. The van der Waals surface area contributed by atoms with E-state index in [1.807, 2.05) is 6.92 Å². The number of carbonyl (C=O) groups excluding carboxylic acids is 1. The van der Waals surface area contributed by atoms with E-state index >= 15 is 0 Å². The summed E-state index contributed by atoms with van der Waals surface area (Å²) in [7, 11) is 0. The summed E-state index contributed by atoms with van der Waals surface area (Å²) in [6.45, 7) is 5.19. The lowest BCUT2D eigenvalue weighted by atomic mass is 10.00. The van der Waals surface area contributed by atoms with E-state index in [0.717, 1.165) is 12.2 Å². The van der Waals surface area contributed by atoms with Gasteiger partial charge in [-0.2, -0.15) is 0 Å². The van der Waals surface area contributed by atoms with Crippen molar-refractivity contribution in [2.75, 3.05) is 0 Å². The largest absolute Gasteiger partial charge is 0.480 e. The standard InChI is InChI=1S/C12H19N3O4/c1-4-8-6-13-9(19-8)7-14-11(18)15-12(3,5-2)10(16)17/h6H,4-5,7H2,1-3H3,(H,16,17)(H2,14,15,18). The number of aliphatic carboxylic acids is 1. The quantitative estimate of drug-likeness (QED) is 0.721. The van der Waals surface area contributed by atoms with Crippen LogP contribution in [-0.2, 0) is 17.8 Å². The number of carbonyl (C=O) groups is 2. The summed E-state index contributed by atoms with van der Waals surface area (Å²) in [5, 5.41) is 14.0. The smallest absolute Gasteiger partial charge is 0.329 e. The Bertz CT molecular complexity index is 458. The SMILES string of the molecule is CCc1cnc(CNC(=O)NC(C)(CC)C(=O)O)o1. The molecular formula is C12H19N3O4. The van der Waals surface area contributed by atoms with Crippen LogP contribution in [0.1, 0.15) is 38.8 Å². The van der Waals surface area contributed by atoms with Crippen molar-refractivity contribution in [1.82, 2.24) is 15.6 Å². The molecule has 1 aromatic heterocycles. The zero-order chi connectivity index (χ0) is 14.5. The molecule has 0 saturated carbocycles. The molecule has 19 heavy (non-hydrogen) atoms. The summed E-state index contributed by atoms with van der Waals surface area (Å²) in [6, 6.07) is -0.567. The van der Waals surface area contributed by atoms with Crippen LogP contribution in [0.25, 0.3) is 0 Å². The summed E-state index contributed by atoms with van der Waals surface area (Å²) in [4.78, 5) is 26.6. The van der Waals surface area contributed by atoms with Crippen LogP contribution in [-0.4, -0.2) is 27.6 Å². The molecule has 1 heterocycles. The molecule has 106 valence electrons. The fraction of sp³-hybridized carbons (Fsp3) is 0.583. The molecule has 0 spiro atoms. The number of carboxylic acid groups (broad SMARTS) is 1. The molecule has 0 bridgehead atoms. The number of amides is 2. The van der Waals surface area contributed by atoms with E-state index in [0.29, 0.717) is 5.89 Å². The Balaban J connectivity index is 2.49. The Morgan fingerprint density at radius 2 is 2.16 bits per heavy atom. The monoisotopic (exact) mass is 269 g/mol. The van der Waals surface area contributed by atoms with E-state index in [1.165, 1.54) is 6.92 Å². The molecule has 1 atom stereocenters. The van der Waals surface area contributed by atoms with Gasteiger partial charge in [0.2, 0.25) is 5.89 Å². The normalized spacial score (nSPS) is 13.6. The second-order valence-electron chi connectivity index (χ2n) is 4.37. The number of carboxylic acids is 1. The van der Waals surface area contributed by atoms with Gasteiger partial charge in [0.15, 0.2) is 0 Å². The third kappa shape index (κ3) is 3.97. The molecule has 0 aliphatic heterocycles. The molecule has 1 aromatic rings.